The van der Waals surface area contributed by atoms with Crippen molar-refractivity contribution in [2.75, 3.05) is 44.3 Å². The zero-order valence-electron chi connectivity index (χ0n) is 13.8. The molecule has 1 N–H and O–H groups in total. The molecule has 0 spiro atoms. The molecule has 1 fully saturated rings. The minimum absolute atomic E-state index is 0.184. The van der Waals surface area contributed by atoms with Gasteiger partial charge in [-0.15, -0.1) is 0 Å². The minimum Gasteiger partial charge on any atom is -0.472 e. The number of rotatable bonds is 6. The molecule has 0 saturated carbocycles. The Morgan fingerprint density at radius 3 is 2.19 bits per heavy atom. The van der Waals surface area contributed by atoms with Crippen molar-refractivity contribution in [3.8, 4) is 11.8 Å². The van der Waals surface area contributed by atoms with Gasteiger partial charge in [-0.05, 0) is 0 Å². The van der Waals surface area contributed by atoms with Crippen LogP contribution in [-0.2, 0) is 0 Å². The van der Waals surface area contributed by atoms with E-state index in [2.05, 4.69) is 19.9 Å². The van der Waals surface area contributed by atoms with Crippen molar-refractivity contribution in [2.45, 2.75) is 0 Å². The first-order chi connectivity index (χ1) is 12.6. The number of halogens is 1. The lowest BCUT2D eigenvalue weighted by Crippen LogP contribution is -2.48. The van der Waals surface area contributed by atoms with Gasteiger partial charge in [0.05, 0.1) is 0 Å². The Balaban J connectivity index is 1.54. The maximum absolute atomic E-state index is 11.0. The molecule has 1 saturated heterocycles. The summed E-state index contributed by atoms with van der Waals surface area (Å²) in [6.45, 7) is 2.27. The van der Waals surface area contributed by atoms with Crippen LogP contribution in [0.1, 0.15) is 0 Å². The summed E-state index contributed by atoms with van der Waals surface area (Å²) in [5.74, 6) is 1.18. The summed E-state index contributed by atoms with van der Waals surface area (Å²) in [6, 6.07) is 0. The van der Waals surface area contributed by atoms with Crippen LogP contribution in [0.5, 0.6) is 11.8 Å². The summed E-state index contributed by atoms with van der Waals surface area (Å²) in [5, 5.41) is 9.21. The van der Waals surface area contributed by atoms with Crippen molar-refractivity contribution in [3.63, 3.8) is 0 Å². The smallest absolute Gasteiger partial charge is 0.407 e. The van der Waals surface area contributed by atoms with Crippen LogP contribution in [0.15, 0.2) is 24.8 Å². The van der Waals surface area contributed by atoms with Crippen molar-refractivity contribution in [1.82, 2.24) is 24.8 Å². The van der Waals surface area contributed by atoms with Crippen molar-refractivity contribution >= 4 is 23.5 Å². The summed E-state index contributed by atoms with van der Waals surface area (Å²) >= 11 is 5.87. The SMILES string of the molecule is O=C(O)N1CCN(c2nccnc2OCCOc2nccnc2Cl)CC1. The first-order valence-electron chi connectivity index (χ1n) is 7.91. The average Bonchev–Trinajstić information content (AvgIpc) is 2.67. The lowest BCUT2D eigenvalue weighted by molar-refractivity contribution is 0.142. The van der Waals surface area contributed by atoms with Crippen molar-refractivity contribution in [2.24, 2.45) is 0 Å². The van der Waals surface area contributed by atoms with E-state index in [4.69, 9.17) is 26.2 Å². The van der Waals surface area contributed by atoms with Gasteiger partial charge in [0.25, 0.3) is 11.8 Å². The fraction of sp³-hybridized carbons (Fsp3) is 0.400. The number of carboxylic acid groups (broad SMARTS) is 1. The van der Waals surface area contributed by atoms with Crippen LogP contribution in [0, 0.1) is 0 Å². The van der Waals surface area contributed by atoms with Gasteiger partial charge in [0, 0.05) is 51.0 Å². The van der Waals surface area contributed by atoms with Crippen molar-refractivity contribution in [1.29, 1.82) is 0 Å². The topological polar surface area (TPSA) is 114 Å². The van der Waals surface area contributed by atoms with E-state index < -0.39 is 6.09 Å². The Kier molecular flexibility index (Phi) is 5.84. The molecule has 0 atom stereocenters. The number of amides is 1. The van der Waals surface area contributed by atoms with E-state index in [1.54, 1.807) is 6.20 Å². The summed E-state index contributed by atoms with van der Waals surface area (Å²) in [4.78, 5) is 30.7. The molecule has 138 valence electrons. The van der Waals surface area contributed by atoms with Gasteiger partial charge in [-0.3, -0.25) is 0 Å². The lowest BCUT2D eigenvalue weighted by Gasteiger charge is -2.34. The molecule has 0 aromatic carbocycles. The predicted molar refractivity (Wildman–Crippen MR) is 91.9 cm³/mol. The number of hydrogen-bond acceptors (Lipinski definition) is 8. The molecule has 3 heterocycles. The normalized spacial score (nSPS) is 14.2. The molecule has 1 aliphatic rings. The fourth-order valence-electron chi connectivity index (χ4n) is 2.43. The van der Waals surface area contributed by atoms with Crippen LogP contribution in [-0.4, -0.2) is 75.4 Å². The molecule has 3 rings (SSSR count). The molecular weight excluding hydrogens is 364 g/mol. The summed E-state index contributed by atoms with van der Waals surface area (Å²) in [5.41, 5.74) is 0. The Morgan fingerprint density at radius 2 is 1.54 bits per heavy atom. The molecule has 1 amide bonds. The number of carbonyl (C=O) groups is 1. The van der Waals surface area contributed by atoms with Gasteiger partial charge < -0.3 is 24.4 Å². The van der Waals surface area contributed by atoms with Gasteiger partial charge in [0.1, 0.15) is 13.2 Å². The number of anilines is 1. The van der Waals surface area contributed by atoms with Crippen LogP contribution in [0.2, 0.25) is 5.15 Å². The number of piperazine rings is 1. The molecule has 0 bridgehead atoms. The first-order valence-corrected chi connectivity index (χ1v) is 8.29. The lowest BCUT2D eigenvalue weighted by atomic mass is 10.3. The maximum atomic E-state index is 11.0. The third kappa shape index (κ3) is 4.39. The molecule has 1 aliphatic heterocycles. The van der Waals surface area contributed by atoms with Crippen LogP contribution in [0.4, 0.5) is 10.6 Å². The average molecular weight is 381 g/mol. The van der Waals surface area contributed by atoms with E-state index in [0.29, 0.717) is 37.9 Å². The highest BCUT2D eigenvalue weighted by Gasteiger charge is 2.23. The van der Waals surface area contributed by atoms with E-state index in [1.165, 1.54) is 23.5 Å². The third-order valence-corrected chi connectivity index (χ3v) is 3.94. The van der Waals surface area contributed by atoms with E-state index in [1.807, 2.05) is 4.90 Å². The number of hydrogen-bond donors (Lipinski definition) is 1. The van der Waals surface area contributed by atoms with Crippen LogP contribution >= 0.6 is 11.6 Å². The van der Waals surface area contributed by atoms with Gasteiger partial charge in [-0.25, -0.2) is 24.7 Å². The largest absolute Gasteiger partial charge is 0.472 e. The molecular formula is C15H17ClN6O4. The highest BCUT2D eigenvalue weighted by atomic mass is 35.5. The van der Waals surface area contributed by atoms with Gasteiger partial charge in [-0.1, -0.05) is 11.6 Å². The van der Waals surface area contributed by atoms with E-state index in [-0.39, 0.29) is 24.2 Å². The number of aromatic nitrogens is 4. The predicted octanol–water partition coefficient (Wildman–Crippen LogP) is 1.18. The van der Waals surface area contributed by atoms with E-state index >= 15 is 0 Å². The number of nitrogens with zero attached hydrogens (tertiary/aromatic N) is 6. The molecule has 2 aromatic rings. The molecule has 0 aliphatic carbocycles. The second kappa shape index (κ2) is 8.48. The van der Waals surface area contributed by atoms with E-state index in [9.17, 15) is 4.79 Å². The van der Waals surface area contributed by atoms with Crippen LogP contribution < -0.4 is 14.4 Å². The van der Waals surface area contributed by atoms with Crippen LogP contribution in [0.25, 0.3) is 0 Å². The summed E-state index contributed by atoms with van der Waals surface area (Å²) in [7, 11) is 0. The quantitative estimate of drug-likeness (QED) is 0.737. The highest BCUT2D eigenvalue weighted by Crippen LogP contribution is 2.24. The maximum Gasteiger partial charge on any atom is 0.407 e. The van der Waals surface area contributed by atoms with Gasteiger partial charge >= 0.3 is 6.09 Å². The zero-order valence-corrected chi connectivity index (χ0v) is 14.5. The molecule has 0 unspecified atom stereocenters. The highest BCUT2D eigenvalue weighted by molar-refractivity contribution is 6.30. The first kappa shape index (κ1) is 17.9. The second-order valence-electron chi connectivity index (χ2n) is 5.29. The van der Waals surface area contributed by atoms with Gasteiger partial charge in [-0.2, -0.15) is 0 Å². The van der Waals surface area contributed by atoms with Crippen molar-refractivity contribution in [3.05, 3.63) is 29.9 Å². The number of ether oxygens (including phenoxy) is 2. The Morgan fingerprint density at radius 1 is 0.962 bits per heavy atom. The summed E-state index contributed by atoms with van der Waals surface area (Å²) < 4.78 is 11.1. The third-order valence-electron chi connectivity index (χ3n) is 3.68. The van der Waals surface area contributed by atoms with Crippen molar-refractivity contribution < 1.29 is 19.4 Å². The van der Waals surface area contributed by atoms with Gasteiger partial charge in [0.2, 0.25) is 0 Å². The molecule has 26 heavy (non-hydrogen) atoms. The van der Waals surface area contributed by atoms with Crippen LogP contribution in [0.3, 0.4) is 0 Å². The van der Waals surface area contributed by atoms with Gasteiger partial charge in [0.15, 0.2) is 11.0 Å². The molecule has 11 heteroatoms. The second-order valence-corrected chi connectivity index (χ2v) is 5.65. The Bertz CT molecular complexity index is 756. The molecule has 10 nitrogen and oxygen atoms in total. The molecule has 2 aromatic heterocycles. The van der Waals surface area contributed by atoms with E-state index in [0.717, 1.165) is 0 Å². The summed E-state index contributed by atoms with van der Waals surface area (Å²) in [6.07, 6.45) is 5.15. The Hall–Kier alpha value is -2.88. The minimum atomic E-state index is -0.917. The monoisotopic (exact) mass is 380 g/mol. The molecule has 0 radical (unpaired) electrons. The fourth-order valence-corrected chi connectivity index (χ4v) is 2.59. The zero-order chi connectivity index (χ0) is 18.4. The Labute approximate surface area is 154 Å². The standard InChI is InChI=1S/C15H17ClN6O4/c16-11-13(19-3-1-17-11)25-9-10-26-14-12(18-2-4-20-14)21-5-7-22(8-6-21)15(23)24/h1-4H,5-10H2,(H,23,24).